The topological polar surface area (TPSA) is 168 Å². The minimum Gasteiger partial charge on any atom is -0.437 e. The minimum atomic E-state index is -1.25. The number of nitrogens with zero attached hydrogens (tertiary/aromatic N) is 6. The molecule has 2 amide bonds. The molecule has 4 heterocycles. The number of aromatic nitrogens is 3. The summed E-state index contributed by atoms with van der Waals surface area (Å²) in [5.74, 6) is -0.286. The minimum absolute atomic E-state index is 0.00194. The van der Waals surface area contributed by atoms with Gasteiger partial charge in [-0.25, -0.2) is 9.97 Å². The summed E-state index contributed by atoms with van der Waals surface area (Å²) in [6.07, 6.45) is 2.34. The van der Waals surface area contributed by atoms with Gasteiger partial charge in [-0.3, -0.25) is 19.0 Å². The fourth-order valence-electron chi connectivity index (χ4n) is 6.42. The number of nitrogens with two attached hydrogens (primary N) is 1. The van der Waals surface area contributed by atoms with Crippen molar-refractivity contribution in [3.8, 4) is 17.7 Å². The number of aryl methyl sites for hydroxylation is 1. The molecule has 2 aliphatic heterocycles. The van der Waals surface area contributed by atoms with Crippen LogP contribution in [0.3, 0.4) is 0 Å². The lowest BCUT2D eigenvalue weighted by atomic mass is 9.79. The second-order valence-corrected chi connectivity index (χ2v) is 14.5. The van der Waals surface area contributed by atoms with E-state index in [1.807, 2.05) is 48.2 Å². The van der Waals surface area contributed by atoms with Crippen molar-refractivity contribution in [2.45, 2.75) is 44.2 Å². The summed E-state index contributed by atoms with van der Waals surface area (Å²) in [6.45, 7) is 3.29. The van der Waals surface area contributed by atoms with Crippen LogP contribution in [-0.4, -0.2) is 73.0 Å². The lowest BCUT2D eigenvalue weighted by Crippen LogP contribution is -2.53. The summed E-state index contributed by atoms with van der Waals surface area (Å²) < 4.78 is 7.58. The van der Waals surface area contributed by atoms with Crippen molar-refractivity contribution in [2.24, 2.45) is 5.92 Å². The van der Waals surface area contributed by atoms with Crippen LogP contribution in [0.1, 0.15) is 51.7 Å². The van der Waals surface area contributed by atoms with Crippen LogP contribution in [0.2, 0.25) is 0 Å². The van der Waals surface area contributed by atoms with Crippen molar-refractivity contribution < 1.29 is 19.4 Å². The van der Waals surface area contributed by atoms with E-state index in [9.17, 15) is 19.5 Å². The van der Waals surface area contributed by atoms with Crippen LogP contribution in [0, 0.1) is 24.2 Å². The summed E-state index contributed by atoms with van der Waals surface area (Å²) >= 11 is 4.69. The number of amides is 2. The number of ether oxygens (including phenoxy) is 1. The number of nitriles is 1. The van der Waals surface area contributed by atoms with Gasteiger partial charge in [0.1, 0.15) is 17.0 Å². The summed E-state index contributed by atoms with van der Waals surface area (Å²) in [4.78, 5) is 53.4. The van der Waals surface area contributed by atoms with Gasteiger partial charge in [0.2, 0.25) is 11.8 Å². The van der Waals surface area contributed by atoms with Crippen LogP contribution >= 0.6 is 27.3 Å². The van der Waals surface area contributed by atoms with Gasteiger partial charge in [-0.15, -0.1) is 11.3 Å². The first-order chi connectivity index (χ1) is 23.0. The van der Waals surface area contributed by atoms with Crippen LogP contribution in [0.25, 0.3) is 0 Å². The van der Waals surface area contributed by atoms with Crippen LogP contribution in [0.5, 0.6) is 11.6 Å². The number of hydrogen-bond acceptors (Lipinski definition) is 10. The number of hydrogen-bond donors (Lipinski definition) is 2. The maximum atomic E-state index is 14.0. The number of likely N-dealkylation sites (tertiary alicyclic amines) is 2. The number of carbonyl (C=O) groups is 2. The molecule has 2 saturated heterocycles. The molecular weight excluding hydrogens is 698 g/mol. The first kappa shape index (κ1) is 33.3. The molecule has 2 aromatic carbocycles. The summed E-state index contributed by atoms with van der Waals surface area (Å²) in [6, 6.07) is 18.2. The van der Waals surface area contributed by atoms with Gasteiger partial charge in [0.05, 0.1) is 29.5 Å². The molecule has 0 aliphatic carbocycles. The molecule has 3 N–H and O–H groups in total. The van der Waals surface area contributed by atoms with Crippen molar-refractivity contribution in [3.05, 3.63) is 96.9 Å². The lowest BCUT2D eigenvalue weighted by Gasteiger charge is -2.43. The highest BCUT2D eigenvalue weighted by Gasteiger charge is 2.42. The third-order valence-corrected chi connectivity index (χ3v) is 10.7. The van der Waals surface area contributed by atoms with E-state index in [0.29, 0.717) is 58.4 Å². The Morgan fingerprint density at radius 2 is 1.83 bits per heavy atom. The van der Waals surface area contributed by atoms with E-state index in [0.717, 1.165) is 5.56 Å². The molecule has 0 bridgehead atoms. The zero-order valence-electron chi connectivity index (χ0n) is 26.2. The van der Waals surface area contributed by atoms with Gasteiger partial charge < -0.3 is 25.4 Å². The molecular formula is C34H34BrN7O5S. The molecule has 2 aromatic heterocycles. The number of rotatable bonds is 7. The first-order valence-electron chi connectivity index (χ1n) is 15.6. The SMILES string of the molecule is Cc1nc(Br)sc1C(=O)N1CC[C@@H](C(=O)N2CCC(O)(Cn3cnc(Oc4ccc(C#N)cc4)c(N)c3=O)CC2)[C@H](c2ccccc2)C1. The summed E-state index contributed by atoms with van der Waals surface area (Å²) in [5, 5.41) is 20.5. The zero-order chi connectivity index (χ0) is 34.0. The van der Waals surface area contributed by atoms with E-state index in [2.05, 4.69) is 25.9 Å². The summed E-state index contributed by atoms with van der Waals surface area (Å²) in [5.41, 5.74) is 6.22. The lowest BCUT2D eigenvalue weighted by molar-refractivity contribution is -0.142. The number of anilines is 1. The Morgan fingerprint density at radius 1 is 1.12 bits per heavy atom. The van der Waals surface area contributed by atoms with Crippen molar-refractivity contribution in [2.75, 3.05) is 31.9 Å². The van der Waals surface area contributed by atoms with Crippen molar-refractivity contribution in [3.63, 3.8) is 0 Å². The van der Waals surface area contributed by atoms with Gasteiger partial charge in [0, 0.05) is 38.0 Å². The standard InChI is InChI=1S/C34H34BrN7O5S/c1-21-28(48-33(35)39-21)32(45)41-14-11-25(26(18-41)23-5-3-2-4-6-23)30(43)40-15-12-34(46,13-16-40)19-42-20-38-29(27(37)31(42)44)47-24-9-7-22(17-36)8-10-24/h2-10,20,25-26,46H,11-16,18-19,37H2,1H3/t25-,26+/m1/s1. The predicted molar refractivity (Wildman–Crippen MR) is 183 cm³/mol. The Kier molecular flexibility index (Phi) is 9.63. The Labute approximate surface area is 289 Å². The molecule has 0 spiro atoms. The van der Waals surface area contributed by atoms with Gasteiger partial charge >= 0.3 is 0 Å². The number of halogens is 1. The maximum absolute atomic E-state index is 14.0. The van der Waals surface area contributed by atoms with Gasteiger partial charge in [-0.05, 0) is 71.9 Å². The average molecular weight is 733 g/mol. The van der Waals surface area contributed by atoms with E-state index in [1.165, 1.54) is 22.2 Å². The van der Waals surface area contributed by atoms with E-state index < -0.39 is 11.2 Å². The smallest absolute Gasteiger partial charge is 0.280 e. The quantitative estimate of drug-likeness (QED) is 0.281. The van der Waals surface area contributed by atoms with Crippen LogP contribution in [0.4, 0.5) is 5.69 Å². The van der Waals surface area contributed by atoms with Crippen molar-refractivity contribution >= 4 is 44.8 Å². The molecule has 14 heteroatoms. The molecule has 248 valence electrons. The Bertz CT molecular complexity index is 1920. The second-order valence-electron chi connectivity index (χ2n) is 12.2. The molecule has 4 aromatic rings. The Balaban J connectivity index is 1.11. The largest absolute Gasteiger partial charge is 0.437 e. The molecule has 12 nitrogen and oxygen atoms in total. The Hall–Kier alpha value is -4.58. The van der Waals surface area contributed by atoms with E-state index in [-0.39, 0.29) is 54.6 Å². The van der Waals surface area contributed by atoms with Gasteiger partial charge in [-0.1, -0.05) is 30.3 Å². The molecule has 2 fully saturated rings. The molecule has 0 saturated carbocycles. The zero-order valence-corrected chi connectivity index (χ0v) is 28.6. The average Bonchev–Trinajstić information content (AvgIpc) is 3.45. The molecule has 0 radical (unpaired) electrons. The molecule has 6 rings (SSSR count). The number of nitrogen functional groups attached to an aromatic ring is 1. The normalized spacial score (nSPS) is 19.0. The highest BCUT2D eigenvalue weighted by Crippen LogP contribution is 2.37. The maximum Gasteiger partial charge on any atom is 0.280 e. The Morgan fingerprint density at radius 3 is 2.48 bits per heavy atom. The number of piperidine rings is 2. The monoisotopic (exact) mass is 731 g/mol. The third-order valence-electron chi connectivity index (χ3n) is 9.11. The number of benzene rings is 2. The highest BCUT2D eigenvalue weighted by molar-refractivity contribution is 9.11. The number of carbonyl (C=O) groups excluding carboxylic acids is 2. The summed E-state index contributed by atoms with van der Waals surface area (Å²) in [7, 11) is 0. The van der Waals surface area contributed by atoms with Gasteiger partial charge in [0.25, 0.3) is 11.5 Å². The fraction of sp³-hybridized carbons (Fsp3) is 0.353. The van der Waals surface area contributed by atoms with Crippen molar-refractivity contribution in [1.82, 2.24) is 24.3 Å². The van der Waals surface area contributed by atoms with Crippen LogP contribution < -0.4 is 16.0 Å². The van der Waals surface area contributed by atoms with Crippen LogP contribution in [0.15, 0.2) is 69.6 Å². The number of aliphatic hydroxyl groups is 1. The first-order valence-corrected chi connectivity index (χ1v) is 17.2. The molecule has 48 heavy (non-hydrogen) atoms. The number of thiazole rings is 1. The third kappa shape index (κ3) is 6.99. The van der Waals surface area contributed by atoms with E-state index in [1.54, 1.807) is 29.2 Å². The predicted octanol–water partition coefficient (Wildman–Crippen LogP) is 4.32. The van der Waals surface area contributed by atoms with Crippen molar-refractivity contribution in [1.29, 1.82) is 5.26 Å². The van der Waals surface area contributed by atoms with E-state index >= 15 is 0 Å². The fourth-order valence-corrected chi connectivity index (χ4v) is 7.93. The van der Waals surface area contributed by atoms with Crippen LogP contribution in [-0.2, 0) is 11.3 Å². The van der Waals surface area contributed by atoms with Gasteiger partial charge in [-0.2, -0.15) is 5.26 Å². The molecule has 0 unspecified atom stereocenters. The molecule has 2 aliphatic rings. The second kappa shape index (κ2) is 13.9. The highest BCUT2D eigenvalue weighted by atomic mass is 79.9. The van der Waals surface area contributed by atoms with E-state index in [4.69, 9.17) is 15.7 Å². The van der Waals surface area contributed by atoms with Gasteiger partial charge in [0.15, 0.2) is 9.60 Å². The molecule has 2 atom stereocenters.